The van der Waals surface area contributed by atoms with E-state index in [1.54, 1.807) is 37.4 Å². The van der Waals surface area contributed by atoms with E-state index in [0.717, 1.165) is 81.1 Å². The number of benzene rings is 2. The Balaban J connectivity index is 0.979. The molecule has 2 aromatic rings. The molecule has 8 aliphatic rings. The maximum absolute atomic E-state index is 11.6. The topological polar surface area (TPSA) is 141 Å². The lowest BCUT2D eigenvalue weighted by molar-refractivity contribution is -0.250. The largest absolute Gasteiger partial charge is 0.524 e. The van der Waals surface area contributed by atoms with Crippen LogP contribution in [0.5, 0.6) is 11.5 Å². The number of ether oxygens (including phenoxy) is 3. The van der Waals surface area contributed by atoms with Gasteiger partial charge in [-0.15, -0.1) is 0 Å². The van der Waals surface area contributed by atoms with Crippen molar-refractivity contribution in [3.63, 3.8) is 0 Å². The molecule has 2 aromatic carbocycles. The van der Waals surface area contributed by atoms with Gasteiger partial charge in [0.05, 0.1) is 35.0 Å². The molecule has 0 aliphatic heterocycles. The molecule has 274 valence electrons. The van der Waals surface area contributed by atoms with E-state index in [2.05, 4.69) is 0 Å². The van der Waals surface area contributed by atoms with Crippen molar-refractivity contribution in [3.05, 3.63) is 68.7 Å². The molecule has 0 radical (unpaired) electrons. The summed E-state index contributed by atoms with van der Waals surface area (Å²) in [6.07, 6.45) is 9.88. The molecule has 8 bridgehead atoms. The molecule has 0 aromatic heterocycles. The maximum atomic E-state index is 11.6. The highest BCUT2D eigenvalue weighted by Gasteiger charge is 2.57. The lowest BCUT2D eigenvalue weighted by Crippen LogP contribution is -2.56. The molecule has 51 heavy (non-hydrogen) atoms. The van der Waals surface area contributed by atoms with E-state index in [1.165, 1.54) is 11.1 Å². The molecule has 0 spiro atoms. The fourth-order valence-electron chi connectivity index (χ4n) is 11.3. The van der Waals surface area contributed by atoms with E-state index in [4.69, 9.17) is 46.5 Å². The summed E-state index contributed by atoms with van der Waals surface area (Å²) in [5, 5.41) is 11.1. The number of rotatable bonds is 12. The molecular weight excluding hydrogens is 737 g/mol. The van der Waals surface area contributed by atoms with Crippen molar-refractivity contribution in [2.75, 3.05) is 20.5 Å². The minimum Gasteiger partial charge on any atom is -0.496 e. The minimum absolute atomic E-state index is 0.0810. The minimum atomic E-state index is -4.79. The first-order valence-corrected chi connectivity index (χ1v) is 20.7. The van der Waals surface area contributed by atoms with Gasteiger partial charge in [-0.05, 0) is 147 Å². The van der Waals surface area contributed by atoms with E-state index < -0.39 is 16.5 Å². The molecule has 0 amide bonds. The molecule has 3 N–H and O–H groups in total. The lowest BCUT2D eigenvalue weighted by Gasteiger charge is -2.59. The van der Waals surface area contributed by atoms with Crippen LogP contribution in [0.3, 0.4) is 0 Å². The van der Waals surface area contributed by atoms with Gasteiger partial charge in [0.25, 0.3) is 0 Å². The van der Waals surface area contributed by atoms with Crippen molar-refractivity contribution < 1.29 is 47.3 Å². The van der Waals surface area contributed by atoms with Gasteiger partial charge in [0.2, 0.25) is 0 Å². The van der Waals surface area contributed by atoms with Crippen LogP contribution in [-0.2, 0) is 23.3 Å². The number of allylic oxidation sites excluding steroid dienone is 2. The Hall–Kier alpha value is -1.97. The van der Waals surface area contributed by atoms with Gasteiger partial charge in [-0.3, -0.25) is 9.79 Å². The van der Waals surface area contributed by atoms with E-state index in [-0.39, 0.29) is 47.2 Å². The SMILES string of the molecule is COC(=C1C2CC3CC1CC(OCOC14CC5CC(C1)C(=C(CO)c1ccc(Cl)c(OP=O)c1)C(C5)C4)(C3)C2)c1ccc(Cl)c(OP(=O)(O)O)c1. The second-order valence-electron chi connectivity index (χ2n) is 15.6. The second kappa shape index (κ2) is 13.7. The van der Waals surface area contributed by atoms with Crippen LogP contribution in [0.1, 0.15) is 75.3 Å². The normalized spacial score (nSPS) is 33.2. The van der Waals surface area contributed by atoms with Crippen molar-refractivity contribution in [2.45, 2.75) is 75.4 Å². The number of halogens is 2. The highest BCUT2D eigenvalue weighted by molar-refractivity contribution is 7.46. The Bertz CT molecular complexity index is 1800. The first kappa shape index (κ1) is 36.0. The zero-order chi connectivity index (χ0) is 35.7. The number of phosphoric ester groups is 1. The Morgan fingerprint density at radius 3 is 1.82 bits per heavy atom. The first-order chi connectivity index (χ1) is 24.4. The van der Waals surface area contributed by atoms with Crippen molar-refractivity contribution in [1.82, 2.24) is 0 Å². The van der Waals surface area contributed by atoms with Crippen molar-refractivity contribution in [1.29, 1.82) is 0 Å². The summed E-state index contributed by atoms with van der Waals surface area (Å²) in [7, 11) is -3.63. The quantitative estimate of drug-likeness (QED) is 0.109. The molecule has 8 aliphatic carbocycles. The van der Waals surface area contributed by atoms with E-state index in [9.17, 15) is 24.0 Å². The monoisotopic (exact) mass is 778 g/mol. The first-order valence-electron chi connectivity index (χ1n) is 17.7. The van der Waals surface area contributed by atoms with Crippen LogP contribution in [0.4, 0.5) is 0 Å². The Labute approximate surface area is 309 Å². The van der Waals surface area contributed by atoms with E-state index in [0.29, 0.717) is 40.0 Å². The molecule has 0 saturated heterocycles. The fourth-order valence-corrected chi connectivity index (χ4v) is 12.4. The summed E-state index contributed by atoms with van der Waals surface area (Å²) in [5.41, 5.74) is 4.49. The van der Waals surface area contributed by atoms with Gasteiger partial charge in [0.1, 0.15) is 12.6 Å². The predicted molar refractivity (Wildman–Crippen MR) is 191 cm³/mol. The average Bonchev–Trinajstić information content (AvgIpc) is 3.05. The predicted octanol–water partition coefficient (Wildman–Crippen LogP) is 9.00. The van der Waals surface area contributed by atoms with Crippen LogP contribution >= 0.6 is 39.7 Å². The van der Waals surface area contributed by atoms with Gasteiger partial charge in [-0.2, -0.15) is 0 Å². The molecule has 14 heteroatoms. The van der Waals surface area contributed by atoms with Crippen LogP contribution in [0.15, 0.2) is 47.5 Å². The average molecular weight is 780 g/mol. The summed E-state index contributed by atoms with van der Waals surface area (Å²) in [5.74, 6) is 3.27. The van der Waals surface area contributed by atoms with Crippen LogP contribution in [-0.4, -0.2) is 46.6 Å². The number of hydrogen-bond acceptors (Lipinski definition) is 8. The van der Waals surface area contributed by atoms with Gasteiger partial charge in [-0.1, -0.05) is 34.8 Å². The van der Waals surface area contributed by atoms with Crippen LogP contribution in [0.2, 0.25) is 10.0 Å². The maximum Gasteiger partial charge on any atom is 0.524 e. The molecule has 4 unspecified atom stereocenters. The highest BCUT2D eigenvalue weighted by Crippen LogP contribution is 2.63. The fraction of sp³-hybridized carbons (Fsp3) is 0.568. The number of methoxy groups -OCH3 is 1. The smallest absolute Gasteiger partial charge is 0.496 e. The molecule has 8 fully saturated rings. The summed E-state index contributed by atoms with van der Waals surface area (Å²) in [4.78, 5) is 18.8. The Morgan fingerprint density at radius 2 is 1.31 bits per heavy atom. The molecule has 10 rings (SSSR count). The summed E-state index contributed by atoms with van der Waals surface area (Å²) in [6, 6.07) is 10.3. The van der Waals surface area contributed by atoms with E-state index in [1.807, 2.05) is 6.07 Å². The van der Waals surface area contributed by atoms with Gasteiger partial charge >= 0.3 is 16.5 Å². The molecule has 10 nitrogen and oxygen atoms in total. The van der Waals surface area contributed by atoms with Gasteiger partial charge in [0, 0.05) is 5.56 Å². The van der Waals surface area contributed by atoms with E-state index >= 15 is 0 Å². The second-order valence-corrected chi connectivity index (χ2v) is 17.9. The van der Waals surface area contributed by atoms with Gasteiger partial charge < -0.3 is 28.4 Å². The number of aliphatic hydroxyl groups is 1. The number of hydrogen-bond donors (Lipinski definition) is 3. The third-order valence-electron chi connectivity index (χ3n) is 12.6. The van der Waals surface area contributed by atoms with Crippen molar-refractivity contribution >= 4 is 51.0 Å². The molecule has 0 heterocycles. The summed E-state index contributed by atoms with van der Waals surface area (Å²) >= 11 is 12.5. The summed E-state index contributed by atoms with van der Waals surface area (Å²) < 4.78 is 52.4. The third-order valence-corrected chi connectivity index (χ3v) is 13.9. The molecular formula is C37H42Cl2O10P2. The standard InChI is InChI=1S/C37H42Cl2O10P2/c1-45-35(23-3-5-30(39)32(11-23)49-51(42,43)44)34-26-8-21-9-27(34)17-37(13-21,16-26)47-19-46-36-12-20-6-24(14-36)33(25(7-20)15-36)28(18-40)22-2-4-29(38)31(10-22)48-50-41/h2-5,10-11,20-21,24-27,40H,6-9,12-19H2,1H3,(H2,42,43,44). The van der Waals surface area contributed by atoms with Crippen molar-refractivity contribution in [3.8, 4) is 11.5 Å². The molecule has 8 saturated carbocycles. The van der Waals surface area contributed by atoms with Crippen LogP contribution < -0.4 is 9.05 Å². The zero-order valence-corrected chi connectivity index (χ0v) is 31.6. The highest BCUT2D eigenvalue weighted by atomic mass is 35.5. The van der Waals surface area contributed by atoms with Crippen LogP contribution in [0, 0.1) is 35.5 Å². The number of phosphoric acid groups is 1. The zero-order valence-electron chi connectivity index (χ0n) is 28.3. The number of aliphatic hydroxyl groups excluding tert-OH is 1. The van der Waals surface area contributed by atoms with Gasteiger partial charge in [0.15, 0.2) is 11.5 Å². The Morgan fingerprint density at radius 1 is 0.804 bits per heavy atom. The van der Waals surface area contributed by atoms with Gasteiger partial charge in [-0.25, -0.2) is 9.13 Å². The molecule has 4 atom stereocenters. The lowest BCUT2D eigenvalue weighted by atomic mass is 9.51. The van der Waals surface area contributed by atoms with Crippen molar-refractivity contribution in [2.24, 2.45) is 35.5 Å². The third kappa shape index (κ3) is 6.83. The Kier molecular flexibility index (Phi) is 9.68. The van der Waals surface area contributed by atoms with Crippen LogP contribution in [0.25, 0.3) is 11.3 Å². The summed E-state index contributed by atoms with van der Waals surface area (Å²) in [6.45, 7) is 0.167.